The molecule has 0 aliphatic heterocycles. The van der Waals surface area contributed by atoms with Crippen LogP contribution in [0.15, 0.2) is 18.2 Å². The minimum atomic E-state index is -5.17. The van der Waals surface area contributed by atoms with E-state index < -0.39 is 12.4 Å². The Hall–Kier alpha value is -0.965. The number of rotatable bonds is 2. The standard InChI is InChI=1S/C7H4BClF3O/c9-6-2-1-5(4-13)7(3-6)8(10,11)12/h1-4H/q-1. The van der Waals surface area contributed by atoms with Gasteiger partial charge in [0.2, 0.25) is 0 Å². The Kier molecular flexibility index (Phi) is 2.66. The van der Waals surface area contributed by atoms with E-state index in [2.05, 4.69) is 0 Å². The van der Waals surface area contributed by atoms with Crippen LogP contribution >= 0.6 is 11.6 Å². The van der Waals surface area contributed by atoms with E-state index >= 15 is 0 Å². The molecule has 1 rings (SSSR count). The van der Waals surface area contributed by atoms with Crippen molar-refractivity contribution in [1.82, 2.24) is 0 Å². The van der Waals surface area contributed by atoms with Gasteiger partial charge in [0.25, 0.3) is 0 Å². The van der Waals surface area contributed by atoms with E-state index in [1.807, 2.05) is 0 Å². The van der Waals surface area contributed by atoms with Gasteiger partial charge in [0.15, 0.2) is 0 Å². The highest BCUT2D eigenvalue weighted by Gasteiger charge is 2.28. The van der Waals surface area contributed by atoms with Crippen molar-refractivity contribution in [2.45, 2.75) is 0 Å². The van der Waals surface area contributed by atoms with Crippen LogP contribution in [0.5, 0.6) is 0 Å². The third-order valence-electron chi connectivity index (χ3n) is 1.53. The van der Waals surface area contributed by atoms with Crippen LogP contribution in [-0.4, -0.2) is 13.3 Å². The molecule has 0 bridgehead atoms. The molecule has 1 aromatic carbocycles. The Morgan fingerprint density at radius 2 is 1.92 bits per heavy atom. The van der Waals surface area contributed by atoms with Gasteiger partial charge in [0, 0.05) is 5.02 Å². The van der Waals surface area contributed by atoms with Crippen LogP contribution in [-0.2, 0) is 0 Å². The molecule has 0 unspecified atom stereocenters. The monoisotopic (exact) mass is 207 g/mol. The molecule has 0 N–H and O–H groups in total. The predicted molar refractivity (Wildman–Crippen MR) is 45.6 cm³/mol. The SMILES string of the molecule is O=Cc1ccc(Cl)cc1[B-](F)(F)F. The number of benzene rings is 1. The van der Waals surface area contributed by atoms with Gasteiger partial charge in [-0.05, 0) is 11.6 Å². The summed E-state index contributed by atoms with van der Waals surface area (Å²) in [6, 6.07) is 3.06. The first-order chi connectivity index (χ1) is 5.95. The second-order valence-corrected chi connectivity index (χ2v) is 2.90. The summed E-state index contributed by atoms with van der Waals surface area (Å²) < 4.78 is 36.8. The molecule has 6 heteroatoms. The van der Waals surface area contributed by atoms with Crippen molar-refractivity contribution in [2.24, 2.45) is 0 Å². The van der Waals surface area contributed by atoms with Crippen molar-refractivity contribution in [3.05, 3.63) is 28.8 Å². The number of carbonyl (C=O) groups is 1. The Balaban J connectivity index is 3.32. The van der Waals surface area contributed by atoms with E-state index in [4.69, 9.17) is 11.6 Å². The van der Waals surface area contributed by atoms with Gasteiger partial charge in [-0.1, -0.05) is 29.2 Å². The maximum Gasteiger partial charge on any atom is 0.510 e. The molecule has 1 aromatic rings. The maximum absolute atomic E-state index is 12.3. The van der Waals surface area contributed by atoms with Gasteiger partial charge >= 0.3 is 6.98 Å². The number of halogens is 4. The Bertz CT molecular complexity index is 337. The van der Waals surface area contributed by atoms with E-state index in [1.54, 1.807) is 0 Å². The Morgan fingerprint density at radius 3 is 2.38 bits per heavy atom. The van der Waals surface area contributed by atoms with Crippen molar-refractivity contribution in [3.63, 3.8) is 0 Å². The molecule has 0 atom stereocenters. The third kappa shape index (κ3) is 2.24. The third-order valence-corrected chi connectivity index (χ3v) is 1.76. The normalized spacial score (nSPS) is 11.4. The summed E-state index contributed by atoms with van der Waals surface area (Å²) in [6.45, 7) is -5.17. The minimum absolute atomic E-state index is 0.0280. The van der Waals surface area contributed by atoms with Crippen molar-refractivity contribution in [2.75, 3.05) is 0 Å². The molecule has 0 fully saturated rings. The van der Waals surface area contributed by atoms with Crippen molar-refractivity contribution in [3.8, 4) is 0 Å². The molecule has 0 heterocycles. The highest BCUT2D eigenvalue weighted by molar-refractivity contribution is 6.74. The number of aldehydes is 1. The fourth-order valence-corrected chi connectivity index (χ4v) is 1.12. The lowest BCUT2D eigenvalue weighted by Gasteiger charge is -2.16. The lowest BCUT2D eigenvalue weighted by Crippen LogP contribution is -2.36. The summed E-state index contributed by atoms with van der Waals surface area (Å²) in [5.74, 6) is 0. The summed E-state index contributed by atoms with van der Waals surface area (Å²) in [4.78, 5) is 10.3. The fourth-order valence-electron chi connectivity index (χ4n) is 0.936. The maximum atomic E-state index is 12.3. The summed E-state index contributed by atoms with van der Waals surface area (Å²) in [5, 5.41) is -0.0280. The van der Waals surface area contributed by atoms with Crippen LogP contribution in [0.25, 0.3) is 0 Å². The van der Waals surface area contributed by atoms with Gasteiger partial charge < -0.3 is 12.9 Å². The zero-order chi connectivity index (χ0) is 10.1. The number of carbonyl (C=O) groups excluding carboxylic acids is 1. The largest absolute Gasteiger partial charge is 0.510 e. The first kappa shape index (κ1) is 10.1. The Morgan fingerprint density at radius 1 is 1.31 bits per heavy atom. The lowest BCUT2D eigenvalue weighted by molar-refractivity contribution is 0.112. The second-order valence-electron chi connectivity index (χ2n) is 2.47. The molecular formula is C7H4BClF3O-. The van der Waals surface area contributed by atoms with Gasteiger partial charge in [0.1, 0.15) is 6.29 Å². The van der Waals surface area contributed by atoms with Gasteiger partial charge in [0.05, 0.1) is 0 Å². The zero-order valence-corrected chi connectivity index (χ0v) is 7.06. The molecule has 0 saturated heterocycles. The van der Waals surface area contributed by atoms with Crippen molar-refractivity contribution in [1.29, 1.82) is 0 Å². The average Bonchev–Trinajstić information content (AvgIpc) is 2.03. The molecule has 0 spiro atoms. The number of hydrogen-bond acceptors (Lipinski definition) is 1. The second kappa shape index (κ2) is 3.42. The predicted octanol–water partition coefficient (Wildman–Crippen LogP) is 2.21. The van der Waals surface area contributed by atoms with Crippen LogP contribution in [0.4, 0.5) is 12.9 Å². The van der Waals surface area contributed by atoms with Crippen LogP contribution in [0.2, 0.25) is 5.02 Å². The first-order valence-electron chi connectivity index (χ1n) is 3.39. The van der Waals surface area contributed by atoms with E-state index in [0.717, 1.165) is 12.1 Å². The topological polar surface area (TPSA) is 17.1 Å². The van der Waals surface area contributed by atoms with Gasteiger partial charge in [-0.3, -0.25) is 4.79 Å². The zero-order valence-electron chi connectivity index (χ0n) is 6.31. The minimum Gasteiger partial charge on any atom is -0.445 e. The van der Waals surface area contributed by atoms with E-state index in [0.29, 0.717) is 0 Å². The van der Waals surface area contributed by atoms with Crippen LogP contribution in [0.1, 0.15) is 10.4 Å². The number of hydrogen-bond donors (Lipinski definition) is 0. The van der Waals surface area contributed by atoms with E-state index in [1.165, 1.54) is 6.07 Å². The highest BCUT2D eigenvalue weighted by atomic mass is 35.5. The first-order valence-corrected chi connectivity index (χ1v) is 3.77. The highest BCUT2D eigenvalue weighted by Crippen LogP contribution is 2.15. The summed E-state index contributed by atoms with van der Waals surface area (Å²) in [6.07, 6.45) is 0.168. The molecule has 0 radical (unpaired) electrons. The van der Waals surface area contributed by atoms with E-state index in [9.17, 15) is 17.7 Å². The molecule has 13 heavy (non-hydrogen) atoms. The molecule has 0 amide bonds. The quantitative estimate of drug-likeness (QED) is 0.537. The molecule has 1 nitrogen and oxygen atoms in total. The fraction of sp³-hybridized carbons (Fsp3) is 0. The summed E-state index contributed by atoms with van der Waals surface area (Å²) in [7, 11) is 0. The molecule has 0 saturated carbocycles. The Labute approximate surface area is 77.6 Å². The van der Waals surface area contributed by atoms with Crippen molar-refractivity contribution < 1.29 is 17.7 Å². The molecular weight excluding hydrogens is 203 g/mol. The smallest absolute Gasteiger partial charge is 0.445 e. The van der Waals surface area contributed by atoms with Gasteiger partial charge in [-0.15, -0.1) is 0 Å². The average molecular weight is 207 g/mol. The van der Waals surface area contributed by atoms with E-state index in [-0.39, 0.29) is 16.9 Å². The van der Waals surface area contributed by atoms with Crippen molar-refractivity contribution >= 4 is 30.3 Å². The molecule has 0 aromatic heterocycles. The lowest BCUT2D eigenvalue weighted by atomic mass is 9.77. The summed E-state index contributed by atoms with van der Waals surface area (Å²) >= 11 is 5.37. The molecule has 0 aliphatic rings. The van der Waals surface area contributed by atoms with Gasteiger partial charge in [-0.25, -0.2) is 0 Å². The van der Waals surface area contributed by atoms with Crippen LogP contribution in [0.3, 0.4) is 0 Å². The van der Waals surface area contributed by atoms with Crippen LogP contribution in [0, 0.1) is 0 Å². The van der Waals surface area contributed by atoms with Gasteiger partial charge in [-0.2, -0.15) is 0 Å². The molecule has 0 aliphatic carbocycles. The summed E-state index contributed by atoms with van der Waals surface area (Å²) in [5.41, 5.74) is -1.32. The van der Waals surface area contributed by atoms with Crippen LogP contribution < -0.4 is 5.46 Å². The molecule has 70 valence electrons.